The van der Waals surface area contributed by atoms with E-state index in [-0.39, 0.29) is 11.8 Å². The number of rotatable bonds is 3. The number of amides is 2. The Labute approximate surface area is 136 Å². The number of carbonyl (C=O) groups is 2. The van der Waals surface area contributed by atoms with E-state index >= 15 is 0 Å². The van der Waals surface area contributed by atoms with E-state index in [4.69, 9.17) is 4.42 Å². The summed E-state index contributed by atoms with van der Waals surface area (Å²) in [4.78, 5) is 28.5. The molecule has 0 spiro atoms. The standard InChI is InChI=1S/C18H24N2O3/c21-17(7-6-16-5-4-14-23-16)19-12-8-15(9-13-19)18(22)20-10-2-1-3-11-20/h4-7,14-15H,1-3,8-13H2. The van der Waals surface area contributed by atoms with Gasteiger partial charge in [0.1, 0.15) is 5.76 Å². The highest BCUT2D eigenvalue weighted by Gasteiger charge is 2.30. The van der Waals surface area contributed by atoms with Gasteiger partial charge in [-0.1, -0.05) is 0 Å². The molecular weight excluding hydrogens is 292 g/mol. The summed E-state index contributed by atoms with van der Waals surface area (Å²) >= 11 is 0. The minimum Gasteiger partial charge on any atom is -0.465 e. The Kier molecular flexibility index (Phi) is 5.16. The van der Waals surface area contributed by atoms with Crippen LogP contribution in [0.25, 0.3) is 6.08 Å². The molecule has 3 rings (SSSR count). The van der Waals surface area contributed by atoms with Gasteiger partial charge >= 0.3 is 0 Å². The van der Waals surface area contributed by atoms with Gasteiger partial charge in [-0.15, -0.1) is 0 Å². The van der Waals surface area contributed by atoms with Gasteiger partial charge in [0, 0.05) is 38.2 Å². The normalized spacial score (nSPS) is 20.2. The second-order valence-corrected chi connectivity index (χ2v) is 6.33. The van der Waals surface area contributed by atoms with Gasteiger partial charge < -0.3 is 14.2 Å². The smallest absolute Gasteiger partial charge is 0.246 e. The van der Waals surface area contributed by atoms with Crippen LogP contribution in [0.3, 0.4) is 0 Å². The lowest BCUT2D eigenvalue weighted by Crippen LogP contribution is -2.45. The zero-order valence-electron chi connectivity index (χ0n) is 13.4. The first-order valence-electron chi connectivity index (χ1n) is 8.53. The van der Waals surface area contributed by atoms with Crippen molar-refractivity contribution in [3.05, 3.63) is 30.2 Å². The molecule has 2 aliphatic rings. The van der Waals surface area contributed by atoms with Crippen LogP contribution in [-0.2, 0) is 9.59 Å². The summed E-state index contributed by atoms with van der Waals surface area (Å²) in [6, 6.07) is 3.61. The highest BCUT2D eigenvalue weighted by molar-refractivity contribution is 5.91. The molecule has 3 heterocycles. The Morgan fingerprint density at radius 2 is 1.78 bits per heavy atom. The number of furan rings is 1. The lowest BCUT2D eigenvalue weighted by atomic mass is 9.94. The van der Waals surface area contributed by atoms with E-state index in [2.05, 4.69) is 0 Å². The maximum Gasteiger partial charge on any atom is 0.246 e. The van der Waals surface area contributed by atoms with Crippen molar-refractivity contribution in [2.24, 2.45) is 5.92 Å². The Morgan fingerprint density at radius 1 is 1.04 bits per heavy atom. The van der Waals surface area contributed by atoms with Crippen molar-refractivity contribution >= 4 is 17.9 Å². The largest absolute Gasteiger partial charge is 0.465 e. The lowest BCUT2D eigenvalue weighted by Gasteiger charge is -2.35. The maximum absolute atomic E-state index is 12.5. The minimum absolute atomic E-state index is 0.00901. The molecule has 0 atom stereocenters. The molecular formula is C18H24N2O3. The molecule has 2 saturated heterocycles. The van der Waals surface area contributed by atoms with E-state index in [1.807, 2.05) is 15.9 Å². The number of piperidine rings is 2. The molecule has 5 heteroatoms. The third-order valence-corrected chi connectivity index (χ3v) is 4.76. The fraction of sp³-hybridized carbons (Fsp3) is 0.556. The summed E-state index contributed by atoms with van der Waals surface area (Å²) in [5.41, 5.74) is 0. The van der Waals surface area contributed by atoms with Gasteiger partial charge in [-0.05, 0) is 50.3 Å². The second kappa shape index (κ2) is 7.49. The molecule has 1 aromatic heterocycles. The predicted octanol–water partition coefficient (Wildman–Crippen LogP) is 2.54. The van der Waals surface area contributed by atoms with Crippen molar-refractivity contribution in [3.8, 4) is 0 Å². The van der Waals surface area contributed by atoms with Crippen molar-refractivity contribution in [1.82, 2.24) is 9.80 Å². The van der Waals surface area contributed by atoms with Gasteiger partial charge in [0.2, 0.25) is 11.8 Å². The van der Waals surface area contributed by atoms with E-state index in [1.165, 1.54) is 6.42 Å². The number of hydrogen-bond acceptors (Lipinski definition) is 3. The number of hydrogen-bond donors (Lipinski definition) is 0. The van der Waals surface area contributed by atoms with E-state index in [9.17, 15) is 9.59 Å². The fourth-order valence-corrected chi connectivity index (χ4v) is 3.36. The molecule has 0 radical (unpaired) electrons. The highest BCUT2D eigenvalue weighted by atomic mass is 16.3. The van der Waals surface area contributed by atoms with Gasteiger partial charge in [-0.3, -0.25) is 9.59 Å². The van der Waals surface area contributed by atoms with Crippen molar-refractivity contribution < 1.29 is 14.0 Å². The topological polar surface area (TPSA) is 53.8 Å². The van der Waals surface area contributed by atoms with Crippen molar-refractivity contribution in [3.63, 3.8) is 0 Å². The second-order valence-electron chi connectivity index (χ2n) is 6.33. The summed E-state index contributed by atoms with van der Waals surface area (Å²) in [7, 11) is 0. The Balaban J connectivity index is 1.47. The average Bonchev–Trinajstić information content (AvgIpc) is 3.13. The van der Waals surface area contributed by atoms with Crippen LogP contribution in [0.2, 0.25) is 0 Å². The molecule has 0 aliphatic carbocycles. The van der Waals surface area contributed by atoms with Crippen LogP contribution in [0, 0.1) is 5.92 Å². The van der Waals surface area contributed by atoms with Crippen LogP contribution in [0.1, 0.15) is 37.9 Å². The molecule has 0 unspecified atom stereocenters. The Bertz CT molecular complexity index is 551. The maximum atomic E-state index is 12.5. The first-order chi connectivity index (χ1) is 11.2. The number of nitrogens with zero attached hydrogens (tertiary/aromatic N) is 2. The van der Waals surface area contributed by atoms with Crippen LogP contribution >= 0.6 is 0 Å². The average molecular weight is 316 g/mol. The Hall–Kier alpha value is -2.04. The molecule has 1 aromatic rings. The van der Waals surface area contributed by atoms with Crippen LogP contribution in [0.4, 0.5) is 0 Å². The molecule has 5 nitrogen and oxygen atoms in total. The van der Waals surface area contributed by atoms with Gasteiger partial charge in [-0.2, -0.15) is 0 Å². The summed E-state index contributed by atoms with van der Waals surface area (Å²) < 4.78 is 5.18. The minimum atomic E-state index is -0.00901. The van der Waals surface area contributed by atoms with E-state index in [0.29, 0.717) is 24.8 Å². The van der Waals surface area contributed by atoms with Gasteiger partial charge in [0.05, 0.1) is 6.26 Å². The van der Waals surface area contributed by atoms with Crippen molar-refractivity contribution in [2.75, 3.05) is 26.2 Å². The molecule has 0 saturated carbocycles. The van der Waals surface area contributed by atoms with E-state index < -0.39 is 0 Å². The molecule has 2 aliphatic heterocycles. The lowest BCUT2D eigenvalue weighted by molar-refractivity contribution is -0.140. The molecule has 0 aromatic carbocycles. The third kappa shape index (κ3) is 4.03. The van der Waals surface area contributed by atoms with Gasteiger partial charge in [0.25, 0.3) is 0 Å². The van der Waals surface area contributed by atoms with Crippen molar-refractivity contribution in [2.45, 2.75) is 32.1 Å². The first-order valence-corrected chi connectivity index (χ1v) is 8.53. The molecule has 124 valence electrons. The molecule has 2 fully saturated rings. The third-order valence-electron chi connectivity index (χ3n) is 4.76. The van der Waals surface area contributed by atoms with E-state index in [1.54, 1.807) is 24.5 Å². The quantitative estimate of drug-likeness (QED) is 0.805. The number of carbonyl (C=O) groups excluding carboxylic acids is 2. The van der Waals surface area contributed by atoms with Crippen LogP contribution in [0.15, 0.2) is 28.9 Å². The van der Waals surface area contributed by atoms with E-state index in [0.717, 1.165) is 38.8 Å². The first kappa shape index (κ1) is 15.8. The molecule has 0 bridgehead atoms. The highest BCUT2D eigenvalue weighted by Crippen LogP contribution is 2.22. The predicted molar refractivity (Wildman–Crippen MR) is 87.5 cm³/mol. The zero-order chi connectivity index (χ0) is 16.1. The molecule has 0 N–H and O–H groups in total. The summed E-state index contributed by atoms with van der Waals surface area (Å²) in [5.74, 6) is 1.05. The fourth-order valence-electron chi connectivity index (χ4n) is 3.36. The molecule has 23 heavy (non-hydrogen) atoms. The van der Waals surface area contributed by atoms with Crippen LogP contribution in [-0.4, -0.2) is 47.8 Å². The summed E-state index contributed by atoms with van der Waals surface area (Å²) in [5, 5.41) is 0. The zero-order valence-corrected chi connectivity index (χ0v) is 13.4. The van der Waals surface area contributed by atoms with Crippen LogP contribution < -0.4 is 0 Å². The van der Waals surface area contributed by atoms with Crippen LogP contribution in [0.5, 0.6) is 0 Å². The monoisotopic (exact) mass is 316 g/mol. The van der Waals surface area contributed by atoms with Crippen molar-refractivity contribution in [1.29, 1.82) is 0 Å². The van der Waals surface area contributed by atoms with Gasteiger partial charge in [-0.25, -0.2) is 0 Å². The van der Waals surface area contributed by atoms with Gasteiger partial charge in [0.15, 0.2) is 0 Å². The molecule has 2 amide bonds. The number of likely N-dealkylation sites (tertiary alicyclic amines) is 2. The summed E-state index contributed by atoms with van der Waals surface area (Å²) in [6.45, 7) is 3.13. The SMILES string of the molecule is O=C(C=Cc1ccco1)N1CCC(C(=O)N2CCCCC2)CC1. The Morgan fingerprint density at radius 3 is 2.43 bits per heavy atom. The summed E-state index contributed by atoms with van der Waals surface area (Å²) in [6.07, 6.45) is 9.85.